The molecule has 0 saturated carbocycles. The molecule has 7 nitrogen and oxygen atoms in total. The number of aryl methyl sites for hydroxylation is 1. The van der Waals surface area contributed by atoms with Gasteiger partial charge in [0, 0.05) is 26.2 Å². The molecule has 0 bridgehead atoms. The second-order valence-electron chi connectivity index (χ2n) is 7.24. The molecule has 152 valence electrons. The molecule has 29 heavy (non-hydrogen) atoms. The van der Waals surface area contributed by atoms with Crippen LogP contribution >= 0.6 is 11.8 Å². The van der Waals surface area contributed by atoms with Crippen LogP contribution in [0.15, 0.2) is 52.2 Å². The minimum absolute atomic E-state index is 0.151. The van der Waals surface area contributed by atoms with Crippen molar-refractivity contribution >= 4 is 17.7 Å². The molecular weight excluding hydrogens is 386 g/mol. The van der Waals surface area contributed by atoms with E-state index >= 15 is 0 Å². The van der Waals surface area contributed by atoms with Gasteiger partial charge in [0.15, 0.2) is 11.0 Å². The monoisotopic (exact) mass is 411 g/mol. The van der Waals surface area contributed by atoms with Gasteiger partial charge in [-0.1, -0.05) is 42.1 Å². The van der Waals surface area contributed by atoms with E-state index in [1.807, 2.05) is 36.1 Å². The van der Waals surface area contributed by atoms with Crippen LogP contribution in [0.3, 0.4) is 0 Å². The predicted octanol–water partition coefficient (Wildman–Crippen LogP) is 2.76. The lowest BCUT2D eigenvalue weighted by molar-refractivity contribution is -0.129. The molecule has 1 aromatic carbocycles. The second-order valence-corrected chi connectivity index (χ2v) is 8.18. The highest BCUT2D eigenvalue weighted by Gasteiger charge is 2.22. The van der Waals surface area contributed by atoms with Crippen LogP contribution in [0.1, 0.15) is 11.3 Å². The summed E-state index contributed by atoms with van der Waals surface area (Å²) in [7, 11) is 2.09. The second kappa shape index (κ2) is 8.84. The number of likely N-dealkylation sites (N-methyl/N-ethyl adjacent to an activating group) is 1. The van der Waals surface area contributed by atoms with Gasteiger partial charge in [0.2, 0.25) is 5.91 Å². The largest absolute Gasteiger partial charge is 0.469 e. The molecule has 3 heterocycles. The van der Waals surface area contributed by atoms with Crippen molar-refractivity contribution in [2.75, 3.05) is 39.0 Å². The standard InChI is InChI=1S/C21H25N5O2S/c1-16-18(8-13-28-16)20-22-23-21(26(20)14-17-6-4-3-5-7-17)29-15-19(27)25-11-9-24(2)10-12-25/h3-8,13H,9-12,14-15H2,1-2H3. The molecule has 0 unspecified atom stereocenters. The van der Waals surface area contributed by atoms with Crippen LogP contribution in [-0.2, 0) is 11.3 Å². The molecule has 1 aliphatic heterocycles. The van der Waals surface area contributed by atoms with Crippen LogP contribution in [0, 0.1) is 6.92 Å². The Bertz CT molecular complexity index is 961. The van der Waals surface area contributed by atoms with Crippen LogP contribution in [0.25, 0.3) is 11.4 Å². The first kappa shape index (κ1) is 19.7. The third kappa shape index (κ3) is 4.54. The van der Waals surface area contributed by atoms with E-state index < -0.39 is 0 Å². The summed E-state index contributed by atoms with van der Waals surface area (Å²) in [5.41, 5.74) is 2.08. The van der Waals surface area contributed by atoms with Crippen molar-refractivity contribution in [3.63, 3.8) is 0 Å². The molecule has 1 aliphatic rings. The minimum Gasteiger partial charge on any atom is -0.469 e. The van der Waals surface area contributed by atoms with E-state index in [4.69, 9.17) is 4.42 Å². The van der Waals surface area contributed by atoms with Gasteiger partial charge in [0.25, 0.3) is 0 Å². The van der Waals surface area contributed by atoms with Crippen molar-refractivity contribution in [2.24, 2.45) is 0 Å². The van der Waals surface area contributed by atoms with Crippen molar-refractivity contribution in [3.8, 4) is 11.4 Å². The molecule has 0 N–H and O–H groups in total. The smallest absolute Gasteiger partial charge is 0.233 e. The maximum atomic E-state index is 12.7. The lowest BCUT2D eigenvalue weighted by Crippen LogP contribution is -2.47. The first-order valence-corrected chi connectivity index (χ1v) is 10.7. The fraction of sp³-hybridized carbons (Fsp3) is 0.381. The molecule has 3 aromatic rings. The van der Waals surface area contributed by atoms with Gasteiger partial charge < -0.3 is 14.2 Å². The Morgan fingerprint density at radius 2 is 1.86 bits per heavy atom. The van der Waals surface area contributed by atoms with E-state index in [0.29, 0.717) is 12.3 Å². The SMILES string of the molecule is Cc1occc1-c1nnc(SCC(=O)N2CCN(C)CC2)n1Cc1ccccc1. The maximum absolute atomic E-state index is 12.7. The Hall–Kier alpha value is -2.58. The van der Waals surface area contributed by atoms with Crippen LogP contribution in [0.4, 0.5) is 0 Å². The Morgan fingerprint density at radius 3 is 2.55 bits per heavy atom. The molecule has 8 heteroatoms. The maximum Gasteiger partial charge on any atom is 0.233 e. The average Bonchev–Trinajstić information content (AvgIpc) is 3.33. The van der Waals surface area contributed by atoms with Gasteiger partial charge in [0.1, 0.15) is 5.76 Å². The average molecular weight is 412 g/mol. The molecule has 0 aliphatic carbocycles. The topological polar surface area (TPSA) is 67.4 Å². The number of furan rings is 1. The zero-order valence-electron chi connectivity index (χ0n) is 16.7. The zero-order valence-corrected chi connectivity index (χ0v) is 17.6. The fourth-order valence-corrected chi connectivity index (χ4v) is 4.23. The third-order valence-corrected chi connectivity index (χ3v) is 6.13. The number of aromatic nitrogens is 3. The summed E-state index contributed by atoms with van der Waals surface area (Å²) < 4.78 is 7.53. The lowest BCUT2D eigenvalue weighted by atomic mass is 10.2. The number of piperazine rings is 1. The molecule has 0 radical (unpaired) electrons. The molecule has 4 rings (SSSR count). The van der Waals surface area contributed by atoms with E-state index in [2.05, 4.69) is 38.8 Å². The molecule has 1 amide bonds. The summed E-state index contributed by atoms with van der Waals surface area (Å²) in [6.07, 6.45) is 1.66. The van der Waals surface area contributed by atoms with Crippen LogP contribution in [0.2, 0.25) is 0 Å². The van der Waals surface area contributed by atoms with Crippen molar-refractivity contribution in [1.82, 2.24) is 24.6 Å². The first-order chi connectivity index (χ1) is 14.1. The Labute approximate surface area is 174 Å². The Kier molecular flexibility index (Phi) is 6.01. The molecule has 0 spiro atoms. The third-order valence-electron chi connectivity index (χ3n) is 5.18. The highest BCUT2D eigenvalue weighted by Crippen LogP contribution is 2.28. The van der Waals surface area contributed by atoms with E-state index in [0.717, 1.165) is 54.0 Å². The van der Waals surface area contributed by atoms with Crippen molar-refractivity contribution < 1.29 is 9.21 Å². The summed E-state index contributed by atoms with van der Waals surface area (Å²) >= 11 is 1.45. The van der Waals surface area contributed by atoms with Crippen molar-refractivity contribution in [3.05, 3.63) is 54.0 Å². The lowest BCUT2D eigenvalue weighted by Gasteiger charge is -2.32. The number of thioether (sulfide) groups is 1. The summed E-state index contributed by atoms with van der Waals surface area (Å²) in [4.78, 5) is 16.8. The summed E-state index contributed by atoms with van der Waals surface area (Å²) in [5.74, 6) is 2.07. The highest BCUT2D eigenvalue weighted by atomic mass is 32.2. The number of carbonyl (C=O) groups excluding carboxylic acids is 1. The van der Waals surface area contributed by atoms with E-state index in [1.54, 1.807) is 6.26 Å². The normalized spacial score (nSPS) is 15.0. The summed E-state index contributed by atoms with van der Waals surface area (Å²) in [5, 5.41) is 9.55. The summed E-state index contributed by atoms with van der Waals surface area (Å²) in [6.45, 7) is 5.96. The van der Waals surface area contributed by atoms with Crippen LogP contribution < -0.4 is 0 Å². The van der Waals surface area contributed by atoms with Gasteiger partial charge in [0.05, 0.1) is 24.1 Å². The molecule has 1 saturated heterocycles. The van der Waals surface area contributed by atoms with E-state index in [9.17, 15) is 4.79 Å². The van der Waals surface area contributed by atoms with E-state index in [1.165, 1.54) is 11.8 Å². The minimum atomic E-state index is 0.151. The zero-order chi connectivity index (χ0) is 20.2. The number of rotatable bonds is 6. The van der Waals surface area contributed by atoms with Gasteiger partial charge >= 0.3 is 0 Å². The Balaban J connectivity index is 1.54. The van der Waals surface area contributed by atoms with Crippen molar-refractivity contribution in [2.45, 2.75) is 18.6 Å². The van der Waals surface area contributed by atoms with Gasteiger partial charge in [-0.2, -0.15) is 0 Å². The predicted molar refractivity (Wildman–Crippen MR) is 113 cm³/mol. The number of hydrogen-bond acceptors (Lipinski definition) is 6. The highest BCUT2D eigenvalue weighted by molar-refractivity contribution is 7.99. The molecule has 1 fully saturated rings. The fourth-order valence-electron chi connectivity index (χ4n) is 3.39. The van der Waals surface area contributed by atoms with Gasteiger partial charge in [-0.3, -0.25) is 9.36 Å². The molecule has 2 aromatic heterocycles. The number of benzene rings is 1. The number of amides is 1. The first-order valence-electron chi connectivity index (χ1n) is 9.72. The van der Waals surface area contributed by atoms with Crippen LogP contribution in [-0.4, -0.2) is 69.5 Å². The number of nitrogens with zero attached hydrogens (tertiary/aromatic N) is 5. The number of hydrogen-bond donors (Lipinski definition) is 0. The van der Waals surface area contributed by atoms with Crippen molar-refractivity contribution in [1.29, 1.82) is 0 Å². The van der Waals surface area contributed by atoms with Gasteiger partial charge in [-0.25, -0.2) is 0 Å². The van der Waals surface area contributed by atoms with E-state index in [-0.39, 0.29) is 5.91 Å². The summed E-state index contributed by atoms with van der Waals surface area (Å²) in [6, 6.07) is 12.1. The molecule has 0 atom stereocenters. The number of carbonyl (C=O) groups is 1. The van der Waals surface area contributed by atoms with Crippen LogP contribution in [0.5, 0.6) is 0 Å². The Morgan fingerprint density at radius 1 is 1.10 bits per heavy atom. The molecular formula is C21H25N5O2S. The quantitative estimate of drug-likeness (QED) is 0.581. The van der Waals surface area contributed by atoms with Gasteiger partial charge in [-0.05, 0) is 25.6 Å². The van der Waals surface area contributed by atoms with Gasteiger partial charge in [-0.15, -0.1) is 10.2 Å².